The Morgan fingerprint density at radius 1 is 1.35 bits per heavy atom. The molecule has 3 nitrogen and oxygen atoms in total. The molecule has 1 aromatic carbocycles. The molecular weight excluding hydrogens is 236 g/mol. The van der Waals surface area contributed by atoms with Crippen LogP contribution >= 0.6 is 11.6 Å². The number of hydrogen-bond donors (Lipinski definition) is 1. The van der Waals surface area contributed by atoms with E-state index in [1.807, 2.05) is 23.1 Å². The molecule has 2 amide bonds. The van der Waals surface area contributed by atoms with Gasteiger partial charge in [-0.2, -0.15) is 0 Å². The number of amides is 2. The average Bonchev–Trinajstić information content (AvgIpc) is 2.33. The van der Waals surface area contributed by atoms with Gasteiger partial charge in [-0.25, -0.2) is 4.79 Å². The third kappa shape index (κ3) is 3.13. The van der Waals surface area contributed by atoms with Gasteiger partial charge in [-0.15, -0.1) is 0 Å². The minimum Gasteiger partial charge on any atom is -0.325 e. The average molecular weight is 253 g/mol. The van der Waals surface area contributed by atoms with E-state index in [1.54, 1.807) is 6.07 Å². The van der Waals surface area contributed by atoms with Gasteiger partial charge in [-0.1, -0.05) is 30.7 Å². The monoisotopic (exact) mass is 252 g/mol. The van der Waals surface area contributed by atoms with Crippen LogP contribution in [0.25, 0.3) is 0 Å². The quantitative estimate of drug-likeness (QED) is 0.814. The number of nitrogens with zero attached hydrogens (tertiary/aromatic N) is 1. The molecule has 0 unspecified atom stereocenters. The summed E-state index contributed by atoms with van der Waals surface area (Å²) in [6.07, 6.45) is 2.16. The Kier molecular flexibility index (Phi) is 3.89. The highest BCUT2D eigenvalue weighted by Gasteiger charge is 2.20. The predicted molar refractivity (Wildman–Crippen MR) is 70.4 cm³/mol. The fraction of sp³-hybridized carbons (Fsp3) is 0.462. The number of likely N-dealkylation sites (tertiary alicyclic amines) is 1. The van der Waals surface area contributed by atoms with Crippen molar-refractivity contribution in [1.29, 1.82) is 0 Å². The summed E-state index contributed by atoms with van der Waals surface area (Å²) < 4.78 is 0. The molecule has 17 heavy (non-hydrogen) atoms. The lowest BCUT2D eigenvalue weighted by molar-refractivity contribution is 0.186. The topological polar surface area (TPSA) is 32.3 Å². The Bertz CT molecular complexity index is 400. The second-order valence-electron chi connectivity index (χ2n) is 4.58. The number of para-hydroxylation sites is 1. The zero-order valence-corrected chi connectivity index (χ0v) is 10.7. The number of carbonyl (C=O) groups is 1. The van der Waals surface area contributed by atoms with Gasteiger partial charge in [0.05, 0.1) is 10.7 Å². The summed E-state index contributed by atoms with van der Waals surface area (Å²) in [5, 5.41) is 3.42. The first-order valence-electron chi connectivity index (χ1n) is 5.97. The predicted octanol–water partition coefficient (Wildman–Crippen LogP) is 3.60. The molecule has 0 atom stereocenters. The molecule has 1 N–H and O–H groups in total. The Morgan fingerprint density at radius 2 is 2.00 bits per heavy atom. The first-order chi connectivity index (χ1) is 8.16. The first-order valence-corrected chi connectivity index (χ1v) is 6.35. The summed E-state index contributed by atoms with van der Waals surface area (Å²) in [5.41, 5.74) is 0.679. The maximum absolute atomic E-state index is 12.0. The van der Waals surface area contributed by atoms with Crippen molar-refractivity contribution >= 4 is 23.3 Å². The number of anilines is 1. The van der Waals surface area contributed by atoms with Crippen molar-refractivity contribution in [1.82, 2.24) is 4.90 Å². The lowest BCUT2D eigenvalue weighted by atomic mass is 10.00. The van der Waals surface area contributed by atoms with Gasteiger partial charge in [-0.3, -0.25) is 0 Å². The number of carbonyl (C=O) groups excluding carboxylic acids is 1. The first kappa shape index (κ1) is 12.2. The van der Waals surface area contributed by atoms with E-state index < -0.39 is 0 Å². The molecule has 1 fully saturated rings. The molecule has 2 rings (SSSR count). The molecule has 1 aromatic rings. The number of nitrogens with one attached hydrogen (secondary N) is 1. The van der Waals surface area contributed by atoms with Crippen LogP contribution in [0, 0.1) is 5.92 Å². The van der Waals surface area contributed by atoms with E-state index >= 15 is 0 Å². The number of halogens is 1. The second-order valence-corrected chi connectivity index (χ2v) is 4.99. The van der Waals surface area contributed by atoms with E-state index in [-0.39, 0.29) is 6.03 Å². The highest BCUT2D eigenvalue weighted by atomic mass is 35.5. The molecule has 92 valence electrons. The highest BCUT2D eigenvalue weighted by molar-refractivity contribution is 6.33. The Labute approximate surface area is 107 Å². The molecule has 1 heterocycles. The molecule has 0 bridgehead atoms. The Morgan fingerprint density at radius 3 is 2.65 bits per heavy atom. The van der Waals surface area contributed by atoms with Crippen molar-refractivity contribution < 1.29 is 4.79 Å². The number of benzene rings is 1. The zero-order valence-electron chi connectivity index (χ0n) is 9.95. The Hall–Kier alpha value is -1.22. The molecule has 1 saturated heterocycles. The largest absolute Gasteiger partial charge is 0.325 e. The van der Waals surface area contributed by atoms with Crippen LogP contribution < -0.4 is 5.32 Å². The van der Waals surface area contributed by atoms with E-state index in [0.717, 1.165) is 31.8 Å². The van der Waals surface area contributed by atoms with E-state index in [2.05, 4.69) is 12.2 Å². The molecule has 1 aliphatic rings. The van der Waals surface area contributed by atoms with Crippen molar-refractivity contribution in [2.75, 3.05) is 18.4 Å². The van der Waals surface area contributed by atoms with E-state index in [9.17, 15) is 4.79 Å². The van der Waals surface area contributed by atoms with Crippen LogP contribution in [0.3, 0.4) is 0 Å². The van der Waals surface area contributed by atoms with Gasteiger partial charge in [0.15, 0.2) is 0 Å². The maximum atomic E-state index is 12.0. The number of urea groups is 1. The highest BCUT2D eigenvalue weighted by Crippen LogP contribution is 2.22. The molecule has 1 aliphatic heterocycles. The summed E-state index contributed by atoms with van der Waals surface area (Å²) in [4.78, 5) is 13.8. The molecule has 0 aliphatic carbocycles. The van der Waals surface area contributed by atoms with Crippen molar-refractivity contribution in [2.45, 2.75) is 19.8 Å². The van der Waals surface area contributed by atoms with Crippen molar-refractivity contribution in [3.05, 3.63) is 29.3 Å². The third-order valence-corrected chi connectivity index (χ3v) is 3.52. The van der Waals surface area contributed by atoms with E-state index in [1.165, 1.54) is 0 Å². The van der Waals surface area contributed by atoms with Crippen LogP contribution in [-0.4, -0.2) is 24.0 Å². The molecule has 0 radical (unpaired) electrons. The maximum Gasteiger partial charge on any atom is 0.321 e. The van der Waals surface area contributed by atoms with Gasteiger partial charge >= 0.3 is 6.03 Å². The summed E-state index contributed by atoms with van der Waals surface area (Å²) in [6, 6.07) is 7.24. The van der Waals surface area contributed by atoms with Gasteiger partial charge in [0.1, 0.15) is 0 Å². The summed E-state index contributed by atoms with van der Waals surface area (Å²) in [5.74, 6) is 0.722. The minimum absolute atomic E-state index is 0.0509. The van der Waals surface area contributed by atoms with Crippen LogP contribution in [0.1, 0.15) is 19.8 Å². The lowest BCUT2D eigenvalue weighted by Crippen LogP contribution is -2.40. The van der Waals surface area contributed by atoms with Crippen LogP contribution in [0.4, 0.5) is 10.5 Å². The minimum atomic E-state index is -0.0509. The van der Waals surface area contributed by atoms with Gasteiger partial charge in [0.2, 0.25) is 0 Å². The molecular formula is C13H17ClN2O. The third-order valence-electron chi connectivity index (χ3n) is 3.19. The van der Waals surface area contributed by atoms with Crippen LogP contribution in [0.15, 0.2) is 24.3 Å². The number of hydrogen-bond acceptors (Lipinski definition) is 1. The summed E-state index contributed by atoms with van der Waals surface area (Å²) in [6.45, 7) is 3.89. The zero-order chi connectivity index (χ0) is 12.3. The van der Waals surface area contributed by atoms with Gasteiger partial charge in [-0.05, 0) is 30.9 Å². The van der Waals surface area contributed by atoms with Gasteiger partial charge in [0, 0.05) is 13.1 Å². The Balaban J connectivity index is 1.95. The molecule has 0 aromatic heterocycles. The van der Waals surface area contributed by atoms with Crippen LogP contribution in [-0.2, 0) is 0 Å². The fourth-order valence-corrected chi connectivity index (χ4v) is 2.15. The van der Waals surface area contributed by atoms with Crippen molar-refractivity contribution in [3.8, 4) is 0 Å². The van der Waals surface area contributed by atoms with Gasteiger partial charge < -0.3 is 10.2 Å². The van der Waals surface area contributed by atoms with Gasteiger partial charge in [0.25, 0.3) is 0 Å². The summed E-state index contributed by atoms with van der Waals surface area (Å²) in [7, 11) is 0. The number of piperidine rings is 1. The smallest absolute Gasteiger partial charge is 0.321 e. The standard InChI is InChI=1S/C13H17ClN2O/c1-10-6-8-16(9-7-10)13(17)15-12-5-3-2-4-11(12)14/h2-5,10H,6-9H2,1H3,(H,15,17). The summed E-state index contributed by atoms with van der Waals surface area (Å²) >= 11 is 6.00. The normalized spacial score (nSPS) is 16.9. The van der Waals surface area contributed by atoms with E-state index in [0.29, 0.717) is 10.7 Å². The fourth-order valence-electron chi connectivity index (χ4n) is 1.97. The molecule has 4 heteroatoms. The number of rotatable bonds is 1. The molecule has 0 saturated carbocycles. The van der Waals surface area contributed by atoms with E-state index in [4.69, 9.17) is 11.6 Å². The molecule has 0 spiro atoms. The van der Waals surface area contributed by atoms with Crippen molar-refractivity contribution in [2.24, 2.45) is 5.92 Å². The second kappa shape index (κ2) is 5.41. The lowest BCUT2D eigenvalue weighted by Gasteiger charge is -2.30. The van der Waals surface area contributed by atoms with Crippen LogP contribution in [0.5, 0.6) is 0 Å². The SMILES string of the molecule is CC1CCN(C(=O)Nc2ccccc2Cl)CC1. The van der Waals surface area contributed by atoms with Crippen LogP contribution in [0.2, 0.25) is 5.02 Å². The van der Waals surface area contributed by atoms with Crippen molar-refractivity contribution in [3.63, 3.8) is 0 Å².